The summed E-state index contributed by atoms with van der Waals surface area (Å²) < 4.78 is 53.3. The Morgan fingerprint density at radius 1 is 0.905 bits per heavy atom. The lowest BCUT2D eigenvalue weighted by molar-refractivity contribution is -0.274. The van der Waals surface area contributed by atoms with Crippen molar-refractivity contribution in [2.45, 2.75) is 57.9 Å². The highest BCUT2D eigenvalue weighted by atomic mass is 19.4. The molecule has 0 aliphatic rings. The summed E-state index contributed by atoms with van der Waals surface area (Å²) in [6.07, 6.45) is 0.789. The van der Waals surface area contributed by atoms with Crippen LogP contribution in [0.4, 0.5) is 13.2 Å². The summed E-state index contributed by atoms with van der Waals surface area (Å²) in [4.78, 5) is 25.3. The molecule has 2 N–H and O–H groups in total. The van der Waals surface area contributed by atoms with Crippen LogP contribution in [0.3, 0.4) is 0 Å². The largest absolute Gasteiger partial charge is 0.573 e. The molecule has 1 atom stereocenters. The Kier molecular flexibility index (Phi) is 11.8. The number of carbonyl (C=O) groups is 2. The van der Waals surface area contributed by atoms with Gasteiger partial charge in [0.2, 0.25) is 0 Å². The van der Waals surface area contributed by atoms with Crippen molar-refractivity contribution < 1.29 is 42.1 Å². The van der Waals surface area contributed by atoms with E-state index in [9.17, 15) is 27.9 Å². The lowest BCUT2D eigenvalue weighted by atomic mass is 10.0. The smallest absolute Gasteiger partial charge is 0.511 e. The van der Waals surface area contributed by atoms with Crippen molar-refractivity contribution in [3.63, 3.8) is 0 Å². The molecule has 10 heteroatoms. The average molecular weight is 586 g/mol. The molecular weight excluding hydrogens is 551 g/mol. The Hall–Kier alpha value is -4.47. The Morgan fingerprint density at radius 2 is 1.55 bits per heavy atom. The van der Waals surface area contributed by atoms with Gasteiger partial charge in [-0.1, -0.05) is 63.5 Å². The number of alkyl halides is 3. The van der Waals surface area contributed by atoms with Crippen LogP contribution in [0.1, 0.15) is 65.3 Å². The van der Waals surface area contributed by atoms with Gasteiger partial charge < -0.3 is 24.6 Å². The van der Waals surface area contributed by atoms with Gasteiger partial charge in [0.1, 0.15) is 23.0 Å². The minimum atomic E-state index is -4.98. The predicted molar refractivity (Wildman–Crippen MR) is 152 cm³/mol. The molecule has 0 unspecified atom stereocenters. The Labute approximate surface area is 242 Å². The molecule has 0 aromatic heterocycles. The van der Waals surface area contributed by atoms with E-state index in [1.54, 1.807) is 48.5 Å². The van der Waals surface area contributed by atoms with Gasteiger partial charge in [0.15, 0.2) is 0 Å². The number of benzene rings is 3. The topological polar surface area (TPSA) is 94.1 Å². The molecule has 0 aliphatic carbocycles. The van der Waals surface area contributed by atoms with Crippen LogP contribution in [0.2, 0.25) is 0 Å². The highest BCUT2D eigenvalue weighted by molar-refractivity contribution is 5.97. The summed E-state index contributed by atoms with van der Waals surface area (Å²) >= 11 is 0. The molecule has 0 heterocycles. The zero-order chi connectivity index (χ0) is 30.5. The van der Waals surface area contributed by atoms with Gasteiger partial charge in [-0.15, -0.1) is 13.2 Å². The minimum Gasteiger partial charge on any atom is -0.511 e. The van der Waals surface area contributed by atoms with E-state index in [0.717, 1.165) is 18.9 Å². The number of hydrogen-bond acceptors (Lipinski definition) is 6. The molecule has 3 rings (SSSR count). The van der Waals surface area contributed by atoms with Crippen molar-refractivity contribution in [2.75, 3.05) is 6.61 Å². The molecule has 3 aromatic rings. The second-order valence-corrected chi connectivity index (χ2v) is 9.59. The van der Waals surface area contributed by atoms with Crippen molar-refractivity contribution in [3.05, 3.63) is 102 Å². The van der Waals surface area contributed by atoms with Crippen LogP contribution in [0.25, 0.3) is 0 Å². The maximum atomic E-state index is 12.7. The van der Waals surface area contributed by atoms with Gasteiger partial charge in [-0.3, -0.25) is 4.79 Å². The van der Waals surface area contributed by atoms with E-state index in [2.05, 4.69) is 23.6 Å². The molecule has 0 saturated carbocycles. The number of aliphatic hydroxyl groups is 1. The number of para-hydroxylation sites is 1. The number of carbonyl (C=O) groups excluding carboxylic acids is 2. The van der Waals surface area contributed by atoms with Crippen LogP contribution in [-0.2, 0) is 6.42 Å². The fraction of sp³-hybridized carbons (Fsp3) is 0.312. The number of esters is 1. The first-order chi connectivity index (χ1) is 20.1. The maximum absolute atomic E-state index is 12.7. The molecule has 7 nitrogen and oxygen atoms in total. The van der Waals surface area contributed by atoms with Crippen LogP contribution < -0.4 is 19.5 Å². The van der Waals surface area contributed by atoms with Crippen molar-refractivity contribution in [2.24, 2.45) is 0 Å². The van der Waals surface area contributed by atoms with E-state index >= 15 is 0 Å². The zero-order valence-corrected chi connectivity index (χ0v) is 23.3. The molecule has 224 valence electrons. The number of amides is 1. The first-order valence-electron chi connectivity index (χ1n) is 13.6. The third-order valence-corrected chi connectivity index (χ3v) is 6.25. The first-order valence-corrected chi connectivity index (χ1v) is 13.6. The second-order valence-electron chi connectivity index (χ2n) is 9.59. The molecule has 0 bridgehead atoms. The molecule has 0 fully saturated rings. The normalized spacial score (nSPS) is 11.8. The summed E-state index contributed by atoms with van der Waals surface area (Å²) in [7, 11) is 0. The zero-order valence-electron chi connectivity index (χ0n) is 23.3. The first kappa shape index (κ1) is 32.0. The summed E-state index contributed by atoms with van der Waals surface area (Å²) in [5, 5.41) is 12.5. The third kappa shape index (κ3) is 10.5. The fourth-order valence-electron chi connectivity index (χ4n) is 4.03. The van der Waals surface area contributed by atoms with Gasteiger partial charge in [0, 0.05) is 0 Å². The second kappa shape index (κ2) is 15.5. The number of nitrogens with one attached hydrogen (secondary N) is 1. The van der Waals surface area contributed by atoms with E-state index in [4.69, 9.17) is 9.47 Å². The van der Waals surface area contributed by atoms with Gasteiger partial charge in [0.25, 0.3) is 5.91 Å². The lowest BCUT2D eigenvalue weighted by Gasteiger charge is -2.19. The molecule has 0 spiro atoms. The highest BCUT2D eigenvalue weighted by Gasteiger charge is 2.33. The highest BCUT2D eigenvalue weighted by Crippen LogP contribution is 2.26. The monoisotopic (exact) mass is 585 g/mol. The van der Waals surface area contributed by atoms with Crippen LogP contribution in [0.15, 0.2) is 85.1 Å². The van der Waals surface area contributed by atoms with E-state index in [-0.39, 0.29) is 17.7 Å². The third-order valence-electron chi connectivity index (χ3n) is 6.25. The number of rotatable bonds is 15. The van der Waals surface area contributed by atoms with E-state index < -0.39 is 35.8 Å². The molecule has 42 heavy (non-hydrogen) atoms. The summed E-state index contributed by atoms with van der Waals surface area (Å²) in [5.74, 6) is -1.55. The van der Waals surface area contributed by atoms with Crippen LogP contribution in [-0.4, -0.2) is 36.0 Å². The fourth-order valence-corrected chi connectivity index (χ4v) is 4.03. The van der Waals surface area contributed by atoms with Crippen LogP contribution >= 0.6 is 0 Å². The average Bonchev–Trinajstić information content (AvgIpc) is 2.95. The van der Waals surface area contributed by atoms with Gasteiger partial charge in [-0.05, 0) is 66.9 Å². The molecule has 3 aromatic carbocycles. The van der Waals surface area contributed by atoms with Crippen molar-refractivity contribution >= 4 is 11.9 Å². The van der Waals surface area contributed by atoms with E-state index in [0.29, 0.717) is 23.5 Å². The number of ether oxygens (including phenoxy) is 3. The molecule has 1 amide bonds. The molecule has 0 aliphatic heterocycles. The number of unbranched alkanes of at least 4 members (excludes halogenated alkanes) is 4. The van der Waals surface area contributed by atoms with Gasteiger partial charge in [-0.25, -0.2) is 4.79 Å². The predicted octanol–water partition coefficient (Wildman–Crippen LogP) is 7.57. The number of hydrogen-bond donors (Lipinski definition) is 2. The minimum absolute atomic E-state index is 0.0671. The van der Waals surface area contributed by atoms with Crippen LogP contribution in [0, 0.1) is 0 Å². The standard InChI is InChI=1S/C32H34F3NO6/c1-3-4-5-6-9-20-40-25-18-14-24(15-19-25)31(39)41-26-16-12-23(13-17-26)21-28(22(2)37)36-30(38)27-10-7-8-11-29(27)42-32(33,34)35/h7-8,10-19,28,37H,2-6,9,20-21H2,1H3,(H,36,38)/t28-/m0/s1. The van der Waals surface area contributed by atoms with Gasteiger partial charge in [0.05, 0.1) is 23.8 Å². The Balaban J connectivity index is 1.54. The summed E-state index contributed by atoms with van der Waals surface area (Å²) in [5.41, 5.74) is 0.625. The molecular formula is C32H34F3NO6. The quantitative estimate of drug-likeness (QED) is 0.0827. The van der Waals surface area contributed by atoms with E-state index in [1.165, 1.54) is 37.5 Å². The molecule has 0 radical (unpaired) electrons. The number of halogens is 3. The van der Waals surface area contributed by atoms with Crippen LogP contribution in [0.5, 0.6) is 17.2 Å². The number of aliphatic hydroxyl groups excluding tert-OH is 1. The Morgan fingerprint density at radius 3 is 2.19 bits per heavy atom. The van der Waals surface area contributed by atoms with Crippen molar-refractivity contribution in [1.82, 2.24) is 5.32 Å². The molecule has 0 saturated heterocycles. The lowest BCUT2D eigenvalue weighted by Crippen LogP contribution is -2.38. The summed E-state index contributed by atoms with van der Waals surface area (Å²) in [6.45, 7) is 6.25. The van der Waals surface area contributed by atoms with Gasteiger partial charge in [-0.2, -0.15) is 0 Å². The van der Waals surface area contributed by atoms with Gasteiger partial charge >= 0.3 is 12.3 Å². The van der Waals surface area contributed by atoms with Crippen molar-refractivity contribution in [3.8, 4) is 17.2 Å². The summed E-state index contributed by atoms with van der Waals surface area (Å²) in [6, 6.07) is 16.9. The van der Waals surface area contributed by atoms with Crippen molar-refractivity contribution in [1.29, 1.82) is 0 Å². The SMILES string of the molecule is C=C(O)[C@H](Cc1ccc(OC(=O)c2ccc(OCCCCCCC)cc2)cc1)NC(=O)c1ccccc1OC(F)(F)F. The van der Waals surface area contributed by atoms with E-state index in [1.807, 2.05) is 0 Å². The Bertz CT molecular complexity index is 1320. The maximum Gasteiger partial charge on any atom is 0.573 e.